The number of fused-ring (bicyclic) bond motifs is 1. The number of halogens is 3. The molecule has 0 saturated carbocycles. The SMILES string of the molecule is O=C(NCc1ccc(OC(F)(F)F)cc1)Nc1cccc2[nH]ncc12. The van der Waals surface area contributed by atoms with Crippen LogP contribution in [-0.2, 0) is 6.54 Å². The summed E-state index contributed by atoms with van der Waals surface area (Å²) in [6, 6.07) is 10.2. The number of amides is 2. The van der Waals surface area contributed by atoms with Gasteiger partial charge in [0.05, 0.1) is 17.4 Å². The molecule has 0 fully saturated rings. The minimum absolute atomic E-state index is 0.152. The zero-order valence-corrected chi connectivity index (χ0v) is 12.7. The summed E-state index contributed by atoms with van der Waals surface area (Å²) in [4.78, 5) is 12.0. The highest BCUT2D eigenvalue weighted by Crippen LogP contribution is 2.23. The number of ether oxygens (including phenoxy) is 1. The lowest BCUT2D eigenvalue weighted by Crippen LogP contribution is -2.28. The van der Waals surface area contributed by atoms with Gasteiger partial charge in [0.2, 0.25) is 0 Å². The minimum atomic E-state index is -4.73. The van der Waals surface area contributed by atoms with Gasteiger partial charge in [-0.25, -0.2) is 4.79 Å². The number of anilines is 1. The lowest BCUT2D eigenvalue weighted by Gasteiger charge is -2.10. The Hall–Kier alpha value is -3.23. The van der Waals surface area contributed by atoms with E-state index in [9.17, 15) is 18.0 Å². The molecule has 3 aromatic rings. The summed E-state index contributed by atoms with van der Waals surface area (Å²) in [7, 11) is 0. The predicted octanol–water partition coefficient (Wildman–Crippen LogP) is 3.78. The molecule has 0 bridgehead atoms. The van der Waals surface area contributed by atoms with Gasteiger partial charge in [-0.1, -0.05) is 18.2 Å². The molecule has 130 valence electrons. The largest absolute Gasteiger partial charge is 0.573 e. The first-order valence-electron chi connectivity index (χ1n) is 7.22. The lowest BCUT2D eigenvalue weighted by atomic mass is 10.2. The molecule has 0 aliphatic rings. The number of nitrogens with zero attached hydrogens (tertiary/aromatic N) is 1. The third-order valence-corrected chi connectivity index (χ3v) is 3.34. The van der Waals surface area contributed by atoms with E-state index >= 15 is 0 Å². The molecule has 3 rings (SSSR count). The minimum Gasteiger partial charge on any atom is -0.406 e. The van der Waals surface area contributed by atoms with E-state index in [0.29, 0.717) is 11.3 Å². The van der Waals surface area contributed by atoms with Crippen LogP contribution >= 0.6 is 0 Å². The van der Waals surface area contributed by atoms with Crippen LogP contribution in [0.15, 0.2) is 48.7 Å². The summed E-state index contributed by atoms with van der Waals surface area (Å²) in [5, 5.41) is 12.8. The van der Waals surface area contributed by atoms with Crippen molar-refractivity contribution in [1.29, 1.82) is 0 Å². The van der Waals surface area contributed by atoms with Crippen molar-refractivity contribution >= 4 is 22.6 Å². The van der Waals surface area contributed by atoms with Crippen LogP contribution in [0.4, 0.5) is 23.7 Å². The smallest absolute Gasteiger partial charge is 0.406 e. The maximum absolute atomic E-state index is 12.1. The molecule has 9 heteroatoms. The third kappa shape index (κ3) is 4.40. The topological polar surface area (TPSA) is 79.0 Å². The van der Waals surface area contributed by atoms with Crippen LogP contribution in [0.1, 0.15) is 5.56 Å². The number of aromatic amines is 1. The number of nitrogens with one attached hydrogen (secondary N) is 3. The fourth-order valence-electron chi connectivity index (χ4n) is 2.23. The van der Waals surface area contributed by atoms with E-state index in [1.54, 1.807) is 18.3 Å². The molecule has 25 heavy (non-hydrogen) atoms. The Balaban J connectivity index is 1.56. The average Bonchev–Trinajstić information content (AvgIpc) is 3.02. The first-order chi connectivity index (χ1) is 11.9. The molecule has 0 aliphatic heterocycles. The van der Waals surface area contributed by atoms with Crippen LogP contribution in [0.2, 0.25) is 0 Å². The Kier molecular flexibility index (Phi) is 4.46. The standard InChI is InChI=1S/C16H13F3N4O2/c17-16(18,19)25-11-6-4-10(5-7-11)8-20-15(24)22-13-2-1-3-14-12(13)9-21-23-14/h1-7,9H,8H2,(H,21,23)(H2,20,22,24). The first kappa shape index (κ1) is 16.6. The van der Waals surface area contributed by atoms with Crippen molar-refractivity contribution in [3.05, 3.63) is 54.2 Å². The number of benzene rings is 2. The van der Waals surface area contributed by atoms with Gasteiger partial charge in [-0.2, -0.15) is 5.10 Å². The van der Waals surface area contributed by atoms with Gasteiger partial charge in [-0.15, -0.1) is 13.2 Å². The van der Waals surface area contributed by atoms with Crippen molar-refractivity contribution in [2.45, 2.75) is 12.9 Å². The zero-order chi connectivity index (χ0) is 17.9. The number of alkyl halides is 3. The molecule has 1 aromatic heterocycles. The number of H-pyrrole nitrogens is 1. The summed E-state index contributed by atoms with van der Waals surface area (Å²) in [5.41, 5.74) is 2.02. The number of carbonyl (C=O) groups excluding carboxylic acids is 1. The normalized spacial score (nSPS) is 11.3. The van der Waals surface area contributed by atoms with E-state index in [2.05, 4.69) is 25.6 Å². The van der Waals surface area contributed by atoms with Crippen LogP contribution < -0.4 is 15.4 Å². The van der Waals surface area contributed by atoms with Gasteiger partial charge >= 0.3 is 12.4 Å². The van der Waals surface area contributed by atoms with E-state index in [0.717, 1.165) is 10.9 Å². The Morgan fingerprint density at radius 1 is 1.16 bits per heavy atom. The highest BCUT2D eigenvalue weighted by atomic mass is 19.4. The molecular formula is C16H13F3N4O2. The Morgan fingerprint density at radius 2 is 1.92 bits per heavy atom. The molecule has 0 atom stereocenters. The van der Waals surface area contributed by atoms with Crippen molar-refractivity contribution in [2.24, 2.45) is 0 Å². The molecule has 3 N–H and O–H groups in total. The second kappa shape index (κ2) is 6.71. The first-order valence-corrected chi connectivity index (χ1v) is 7.22. The quantitative estimate of drug-likeness (QED) is 0.670. The van der Waals surface area contributed by atoms with E-state index in [1.165, 1.54) is 24.3 Å². The molecule has 2 aromatic carbocycles. The summed E-state index contributed by atoms with van der Waals surface area (Å²) < 4.78 is 40.1. The maximum Gasteiger partial charge on any atom is 0.573 e. The number of carbonyl (C=O) groups is 1. The van der Waals surface area contributed by atoms with E-state index < -0.39 is 12.4 Å². The van der Waals surface area contributed by atoms with Crippen LogP contribution in [0, 0.1) is 0 Å². The molecule has 0 radical (unpaired) electrons. The van der Waals surface area contributed by atoms with Gasteiger partial charge in [0, 0.05) is 11.9 Å². The summed E-state index contributed by atoms with van der Waals surface area (Å²) in [6.07, 6.45) is -3.13. The molecule has 1 heterocycles. The van der Waals surface area contributed by atoms with E-state index in [-0.39, 0.29) is 12.3 Å². The molecule has 0 aliphatic carbocycles. The number of urea groups is 1. The number of rotatable bonds is 4. The second-order valence-electron chi connectivity index (χ2n) is 5.14. The fraction of sp³-hybridized carbons (Fsp3) is 0.125. The summed E-state index contributed by atoms with van der Waals surface area (Å²) in [6.45, 7) is 0.152. The zero-order valence-electron chi connectivity index (χ0n) is 12.7. The molecule has 6 nitrogen and oxygen atoms in total. The summed E-state index contributed by atoms with van der Waals surface area (Å²) >= 11 is 0. The van der Waals surface area contributed by atoms with Gasteiger partial charge < -0.3 is 15.4 Å². The molecule has 0 spiro atoms. The maximum atomic E-state index is 12.1. The van der Waals surface area contributed by atoms with Crippen molar-refractivity contribution in [3.8, 4) is 5.75 Å². The number of aromatic nitrogens is 2. The predicted molar refractivity (Wildman–Crippen MR) is 85.1 cm³/mol. The Bertz CT molecular complexity index is 875. The second-order valence-corrected chi connectivity index (χ2v) is 5.14. The average molecular weight is 350 g/mol. The van der Waals surface area contributed by atoms with Gasteiger partial charge in [-0.3, -0.25) is 5.10 Å². The van der Waals surface area contributed by atoms with Gasteiger partial charge in [0.25, 0.3) is 0 Å². The highest BCUT2D eigenvalue weighted by molar-refractivity contribution is 6.00. The lowest BCUT2D eigenvalue weighted by molar-refractivity contribution is -0.274. The van der Waals surface area contributed by atoms with Crippen molar-refractivity contribution in [1.82, 2.24) is 15.5 Å². The fourth-order valence-corrected chi connectivity index (χ4v) is 2.23. The van der Waals surface area contributed by atoms with Gasteiger partial charge in [0.1, 0.15) is 5.75 Å². The highest BCUT2D eigenvalue weighted by Gasteiger charge is 2.30. The van der Waals surface area contributed by atoms with Crippen LogP contribution in [0.3, 0.4) is 0 Å². The van der Waals surface area contributed by atoms with E-state index in [1.807, 2.05) is 6.07 Å². The van der Waals surface area contributed by atoms with E-state index in [4.69, 9.17) is 0 Å². The number of hydrogen-bond donors (Lipinski definition) is 3. The monoisotopic (exact) mass is 350 g/mol. The number of hydrogen-bond acceptors (Lipinski definition) is 3. The molecule has 0 saturated heterocycles. The van der Waals surface area contributed by atoms with Crippen LogP contribution in [-0.4, -0.2) is 22.6 Å². The third-order valence-electron chi connectivity index (χ3n) is 3.34. The van der Waals surface area contributed by atoms with Crippen LogP contribution in [0.5, 0.6) is 5.75 Å². The summed E-state index contributed by atoms with van der Waals surface area (Å²) in [5.74, 6) is -0.313. The Labute approximate surface area is 140 Å². The molecule has 0 unspecified atom stereocenters. The van der Waals surface area contributed by atoms with Gasteiger partial charge in [-0.05, 0) is 29.8 Å². The van der Waals surface area contributed by atoms with Crippen molar-refractivity contribution < 1.29 is 22.7 Å². The Morgan fingerprint density at radius 3 is 2.64 bits per heavy atom. The van der Waals surface area contributed by atoms with Crippen molar-refractivity contribution in [3.63, 3.8) is 0 Å². The van der Waals surface area contributed by atoms with Gasteiger partial charge in [0.15, 0.2) is 0 Å². The van der Waals surface area contributed by atoms with Crippen LogP contribution in [0.25, 0.3) is 10.9 Å². The van der Waals surface area contributed by atoms with Crippen molar-refractivity contribution in [2.75, 3.05) is 5.32 Å². The molecular weight excluding hydrogens is 337 g/mol. The molecule has 2 amide bonds.